The molecule has 0 radical (unpaired) electrons. The number of piperazine rings is 2. The SMILES string of the molecule is CC(=O)CC[C@H]1C(=O)N[C@H](C)CN1C(=O)OCc1ccccc1.CC(=O)CC[C@H]1C(=O)N[C@H](C)CN1C(=O)[C@@H](Cc1ccc(C)cc1C)NC(=O)OCC1c2ccccc2-c2ccccc21. The van der Waals surface area contributed by atoms with E-state index in [9.17, 15) is 33.6 Å². The largest absolute Gasteiger partial charge is 0.449 e. The molecule has 4 aromatic rings. The summed E-state index contributed by atoms with van der Waals surface area (Å²) < 4.78 is 11.1. The van der Waals surface area contributed by atoms with Crippen LogP contribution in [0.4, 0.5) is 9.59 Å². The molecule has 0 aromatic heterocycles. The maximum Gasteiger partial charge on any atom is 0.410 e. The Morgan fingerprint density at radius 3 is 1.79 bits per heavy atom. The van der Waals surface area contributed by atoms with Crippen molar-refractivity contribution in [3.8, 4) is 11.1 Å². The highest BCUT2D eigenvalue weighted by Crippen LogP contribution is 2.44. The highest BCUT2D eigenvalue weighted by molar-refractivity contribution is 5.93. The minimum atomic E-state index is -0.963. The van der Waals surface area contributed by atoms with Crippen LogP contribution in [-0.2, 0) is 46.5 Å². The third-order valence-corrected chi connectivity index (χ3v) is 12.2. The minimum Gasteiger partial charge on any atom is -0.449 e. The first-order valence-corrected chi connectivity index (χ1v) is 22.6. The first-order valence-electron chi connectivity index (χ1n) is 22.6. The van der Waals surface area contributed by atoms with E-state index in [0.29, 0.717) is 13.0 Å². The second-order valence-corrected chi connectivity index (χ2v) is 17.7. The zero-order valence-electron chi connectivity index (χ0n) is 38.6. The summed E-state index contributed by atoms with van der Waals surface area (Å²) in [4.78, 5) is 90.8. The number of amides is 5. The third kappa shape index (κ3) is 12.5. The van der Waals surface area contributed by atoms with Gasteiger partial charge in [0.15, 0.2) is 0 Å². The lowest BCUT2D eigenvalue weighted by Gasteiger charge is -2.40. The minimum absolute atomic E-state index is 0.00553. The van der Waals surface area contributed by atoms with Gasteiger partial charge in [0.05, 0.1) is 0 Å². The number of rotatable bonds is 14. The van der Waals surface area contributed by atoms with Crippen LogP contribution in [0, 0.1) is 13.8 Å². The molecule has 7 rings (SSSR count). The Balaban J connectivity index is 0.000000264. The van der Waals surface area contributed by atoms with Crippen LogP contribution in [0.3, 0.4) is 0 Å². The number of fused-ring (bicyclic) bond motifs is 3. The molecular formula is C52H61N5O9. The van der Waals surface area contributed by atoms with E-state index in [0.717, 1.165) is 44.5 Å². The average molecular weight is 900 g/mol. The van der Waals surface area contributed by atoms with Crippen LogP contribution in [0.5, 0.6) is 0 Å². The lowest BCUT2D eigenvalue weighted by molar-refractivity contribution is -0.146. The molecule has 0 bridgehead atoms. The van der Waals surface area contributed by atoms with E-state index in [1.807, 2.05) is 100 Å². The number of carbonyl (C=O) groups excluding carboxylic acids is 7. The van der Waals surface area contributed by atoms with E-state index in [-0.39, 0.29) is 92.7 Å². The zero-order valence-corrected chi connectivity index (χ0v) is 38.6. The molecule has 0 spiro atoms. The fourth-order valence-corrected chi connectivity index (χ4v) is 8.88. The fraction of sp³-hybridized carbons (Fsp3) is 0.404. The van der Waals surface area contributed by atoms with Gasteiger partial charge in [0.2, 0.25) is 17.7 Å². The molecule has 2 fully saturated rings. The van der Waals surface area contributed by atoms with Crippen molar-refractivity contribution in [2.45, 2.75) is 116 Å². The number of alkyl carbamates (subject to hydrolysis) is 1. The van der Waals surface area contributed by atoms with Gasteiger partial charge >= 0.3 is 12.2 Å². The molecule has 2 saturated heterocycles. The molecule has 2 aliphatic heterocycles. The third-order valence-electron chi connectivity index (χ3n) is 12.2. The summed E-state index contributed by atoms with van der Waals surface area (Å²) in [7, 11) is 0. The van der Waals surface area contributed by atoms with E-state index >= 15 is 0 Å². The van der Waals surface area contributed by atoms with Gasteiger partial charge in [-0.15, -0.1) is 0 Å². The zero-order chi connectivity index (χ0) is 47.5. The van der Waals surface area contributed by atoms with Crippen LogP contribution in [0.25, 0.3) is 11.1 Å². The van der Waals surface area contributed by atoms with Crippen LogP contribution >= 0.6 is 0 Å². The van der Waals surface area contributed by atoms with Gasteiger partial charge in [-0.3, -0.25) is 19.3 Å². The van der Waals surface area contributed by atoms with Crippen molar-refractivity contribution in [1.82, 2.24) is 25.8 Å². The van der Waals surface area contributed by atoms with Gasteiger partial charge in [-0.2, -0.15) is 0 Å². The number of Topliss-reactive ketones (excluding diaryl/α,β-unsaturated/α-hetero) is 2. The van der Waals surface area contributed by atoms with Gasteiger partial charge in [0, 0.05) is 50.4 Å². The fourth-order valence-electron chi connectivity index (χ4n) is 8.88. The normalized spacial score (nSPS) is 19.2. The van der Waals surface area contributed by atoms with Gasteiger partial charge in [-0.05, 0) is 93.3 Å². The Bertz CT molecular complexity index is 2380. The van der Waals surface area contributed by atoms with E-state index in [2.05, 4.69) is 40.2 Å². The van der Waals surface area contributed by atoms with Gasteiger partial charge in [-0.1, -0.05) is 103 Å². The molecule has 2 heterocycles. The number of ketones is 2. The van der Waals surface area contributed by atoms with Gasteiger partial charge < -0.3 is 39.9 Å². The molecule has 5 atom stereocenters. The van der Waals surface area contributed by atoms with E-state index in [1.165, 1.54) is 23.6 Å². The highest BCUT2D eigenvalue weighted by atomic mass is 16.6. The summed E-state index contributed by atoms with van der Waals surface area (Å²) in [6, 6.07) is 28.7. The second-order valence-electron chi connectivity index (χ2n) is 17.7. The Hall–Kier alpha value is -6.83. The molecule has 348 valence electrons. The maximum atomic E-state index is 14.1. The summed E-state index contributed by atoms with van der Waals surface area (Å²) >= 11 is 0. The summed E-state index contributed by atoms with van der Waals surface area (Å²) in [5.41, 5.74) is 8.35. The monoisotopic (exact) mass is 899 g/mol. The molecular weight excluding hydrogens is 839 g/mol. The number of carbonyl (C=O) groups is 7. The number of benzene rings is 4. The van der Waals surface area contributed by atoms with Crippen molar-refractivity contribution in [1.29, 1.82) is 0 Å². The topological polar surface area (TPSA) is 181 Å². The Labute approximate surface area is 386 Å². The molecule has 4 aromatic carbocycles. The van der Waals surface area contributed by atoms with Crippen LogP contribution < -0.4 is 16.0 Å². The standard InChI is InChI=1S/C35H39N3O5.C17H22N2O4/c1-21-13-15-25(22(2)17-21)18-31(34(41)38-19-23(3)36-33(40)32(38)16-14-24(4)39)37-35(42)43-20-30-28-11-7-5-9-26(28)27-10-6-8-12-29(27)30;1-12-10-19(15(16(21)18-12)9-8-13(2)20)17(22)23-11-14-6-4-3-5-7-14/h5-13,15,17,23,30-32H,14,16,18-20H2,1-4H3,(H,36,40)(H,37,42);3-7,12,15H,8-11H2,1-2H3,(H,18,21)/t23-,31-,32+;12-,15+/m11/s1. The predicted molar refractivity (Wildman–Crippen MR) is 249 cm³/mol. The first-order chi connectivity index (χ1) is 31.6. The number of hydrogen-bond acceptors (Lipinski definition) is 9. The number of aryl methyl sites for hydroxylation is 2. The predicted octanol–water partition coefficient (Wildman–Crippen LogP) is 6.72. The molecule has 3 aliphatic rings. The molecule has 0 unspecified atom stereocenters. The van der Waals surface area contributed by atoms with E-state index in [4.69, 9.17) is 9.47 Å². The number of nitrogens with one attached hydrogen (secondary N) is 3. The van der Waals surface area contributed by atoms with Crippen LogP contribution in [0.1, 0.15) is 92.7 Å². The Kier molecular flexibility index (Phi) is 16.5. The smallest absolute Gasteiger partial charge is 0.410 e. The van der Waals surface area contributed by atoms with Gasteiger partial charge in [0.25, 0.3) is 0 Å². The van der Waals surface area contributed by atoms with Gasteiger partial charge in [0.1, 0.15) is 42.9 Å². The molecule has 14 heteroatoms. The highest BCUT2D eigenvalue weighted by Gasteiger charge is 2.40. The average Bonchev–Trinajstić information content (AvgIpc) is 3.60. The number of nitrogens with zero attached hydrogens (tertiary/aromatic N) is 2. The van der Waals surface area contributed by atoms with Crippen molar-refractivity contribution in [2.75, 3.05) is 19.7 Å². The summed E-state index contributed by atoms with van der Waals surface area (Å²) in [6.07, 6.45) is -0.00735. The molecule has 3 N–H and O–H groups in total. The molecule has 0 saturated carbocycles. The molecule has 66 heavy (non-hydrogen) atoms. The number of hydrogen-bond donors (Lipinski definition) is 3. The van der Waals surface area contributed by atoms with Crippen molar-refractivity contribution in [2.24, 2.45) is 0 Å². The first kappa shape index (κ1) is 48.6. The van der Waals surface area contributed by atoms with E-state index < -0.39 is 30.3 Å². The van der Waals surface area contributed by atoms with Crippen LogP contribution in [0.15, 0.2) is 97.1 Å². The van der Waals surface area contributed by atoms with Gasteiger partial charge in [-0.25, -0.2) is 9.59 Å². The Morgan fingerprint density at radius 2 is 1.23 bits per heavy atom. The summed E-state index contributed by atoms with van der Waals surface area (Å²) in [6.45, 7) is 11.5. The van der Waals surface area contributed by atoms with Crippen LogP contribution in [0.2, 0.25) is 0 Å². The molecule has 1 aliphatic carbocycles. The lowest BCUT2D eigenvalue weighted by atomic mass is 9.96. The Morgan fingerprint density at radius 1 is 0.697 bits per heavy atom. The lowest BCUT2D eigenvalue weighted by Crippen LogP contribution is -2.64. The van der Waals surface area contributed by atoms with Crippen molar-refractivity contribution in [3.05, 3.63) is 130 Å². The van der Waals surface area contributed by atoms with Crippen molar-refractivity contribution < 1.29 is 43.0 Å². The maximum absolute atomic E-state index is 14.1. The number of ether oxygens (including phenoxy) is 2. The second kappa shape index (κ2) is 22.4. The van der Waals surface area contributed by atoms with Crippen LogP contribution in [-0.4, -0.2) is 101 Å². The van der Waals surface area contributed by atoms with Crippen molar-refractivity contribution >= 4 is 41.5 Å². The van der Waals surface area contributed by atoms with Crippen molar-refractivity contribution in [3.63, 3.8) is 0 Å². The van der Waals surface area contributed by atoms with E-state index in [1.54, 1.807) is 0 Å². The quantitative estimate of drug-likeness (QED) is 0.124. The summed E-state index contributed by atoms with van der Waals surface area (Å²) in [5, 5.41) is 8.55. The molecule has 5 amide bonds. The molecule has 14 nitrogen and oxygen atoms in total. The summed E-state index contributed by atoms with van der Waals surface area (Å²) in [5.74, 6) is -1.07.